The van der Waals surface area contributed by atoms with Gasteiger partial charge in [0, 0.05) is 25.4 Å². The van der Waals surface area contributed by atoms with E-state index in [1.54, 1.807) is 49.6 Å². The van der Waals surface area contributed by atoms with Gasteiger partial charge in [0.05, 0.1) is 46.6 Å². The van der Waals surface area contributed by atoms with Crippen molar-refractivity contribution in [1.29, 1.82) is 0 Å². The Morgan fingerprint density at radius 2 is 1.52 bits per heavy atom. The zero-order valence-electron chi connectivity index (χ0n) is 19.2. The van der Waals surface area contributed by atoms with Crippen LogP contribution < -0.4 is 24.8 Å². The van der Waals surface area contributed by atoms with Crippen molar-refractivity contribution in [3.05, 3.63) is 48.0 Å². The lowest BCUT2D eigenvalue weighted by Gasteiger charge is -2.23. The van der Waals surface area contributed by atoms with Gasteiger partial charge in [0.2, 0.25) is 11.8 Å². The number of amides is 3. The van der Waals surface area contributed by atoms with E-state index in [-0.39, 0.29) is 31.8 Å². The van der Waals surface area contributed by atoms with Crippen LogP contribution in [0.25, 0.3) is 0 Å². The maximum atomic E-state index is 13.1. The molecule has 3 amide bonds. The molecule has 2 aromatic rings. The summed E-state index contributed by atoms with van der Waals surface area (Å²) in [5, 5.41) is 5.20. The molecular formula is C23H29N3O7. The number of nitrogens with zero attached hydrogens (tertiary/aromatic N) is 1. The molecule has 0 saturated carbocycles. The maximum Gasteiger partial charge on any atom is 0.258 e. The molecule has 0 fully saturated rings. The van der Waals surface area contributed by atoms with Gasteiger partial charge in [0.1, 0.15) is 17.2 Å². The summed E-state index contributed by atoms with van der Waals surface area (Å²) >= 11 is 0. The topological polar surface area (TPSA) is 115 Å². The van der Waals surface area contributed by atoms with Crippen LogP contribution in [0.5, 0.6) is 17.2 Å². The summed E-state index contributed by atoms with van der Waals surface area (Å²) in [6.07, 6.45) is 0. The van der Waals surface area contributed by atoms with Gasteiger partial charge in [-0.1, -0.05) is 0 Å². The highest BCUT2D eigenvalue weighted by Crippen LogP contribution is 2.25. The summed E-state index contributed by atoms with van der Waals surface area (Å²) in [5.74, 6) is 0.213. The molecule has 10 heteroatoms. The van der Waals surface area contributed by atoms with E-state index < -0.39 is 17.7 Å². The molecule has 178 valence electrons. The van der Waals surface area contributed by atoms with Crippen molar-refractivity contribution in [3.8, 4) is 17.2 Å². The molecule has 0 bridgehead atoms. The second-order valence-corrected chi connectivity index (χ2v) is 6.84. The fourth-order valence-electron chi connectivity index (χ4n) is 2.89. The first-order chi connectivity index (χ1) is 15.9. The van der Waals surface area contributed by atoms with Crippen molar-refractivity contribution in [2.24, 2.45) is 0 Å². The predicted octanol–water partition coefficient (Wildman–Crippen LogP) is 1.56. The largest absolute Gasteiger partial charge is 0.497 e. The minimum atomic E-state index is -0.489. The van der Waals surface area contributed by atoms with Crippen LogP contribution in [0.3, 0.4) is 0 Å². The minimum Gasteiger partial charge on any atom is -0.497 e. The second kappa shape index (κ2) is 12.9. The normalized spacial score (nSPS) is 10.2. The Morgan fingerprint density at radius 3 is 2.12 bits per heavy atom. The van der Waals surface area contributed by atoms with Crippen molar-refractivity contribution in [2.45, 2.75) is 0 Å². The molecule has 0 aliphatic rings. The van der Waals surface area contributed by atoms with Crippen LogP contribution in [0, 0.1) is 0 Å². The first-order valence-electron chi connectivity index (χ1n) is 10.1. The van der Waals surface area contributed by atoms with Crippen LogP contribution in [-0.4, -0.2) is 77.3 Å². The number of anilines is 1. The standard InChI is InChI=1S/C23H29N3O7/c1-30-12-11-26(23(29)19-10-9-18(32-3)13-20(19)33-4)15-22(28)24-14-21(27)25-16-5-7-17(31-2)8-6-16/h5-10,13H,11-12,14-15H2,1-4H3,(H,24,28)(H,25,27). The smallest absolute Gasteiger partial charge is 0.258 e. The molecule has 0 aliphatic carbocycles. The number of benzene rings is 2. The Balaban J connectivity index is 1.98. The molecule has 0 radical (unpaired) electrons. The fourth-order valence-corrected chi connectivity index (χ4v) is 2.89. The predicted molar refractivity (Wildman–Crippen MR) is 122 cm³/mol. The van der Waals surface area contributed by atoms with Gasteiger partial charge in [-0.05, 0) is 36.4 Å². The lowest BCUT2D eigenvalue weighted by atomic mass is 10.1. The average molecular weight is 459 g/mol. The number of hydrogen-bond acceptors (Lipinski definition) is 7. The maximum absolute atomic E-state index is 13.1. The SMILES string of the molecule is COCCN(CC(=O)NCC(=O)Nc1ccc(OC)cc1)C(=O)c1ccc(OC)cc1OC. The van der Waals surface area contributed by atoms with Gasteiger partial charge in [-0.25, -0.2) is 0 Å². The van der Waals surface area contributed by atoms with E-state index in [0.717, 1.165) is 0 Å². The first kappa shape index (κ1) is 25.5. The number of carbonyl (C=O) groups excluding carboxylic acids is 3. The van der Waals surface area contributed by atoms with Gasteiger partial charge in [-0.3, -0.25) is 14.4 Å². The van der Waals surface area contributed by atoms with E-state index in [9.17, 15) is 14.4 Å². The molecule has 0 aromatic heterocycles. The van der Waals surface area contributed by atoms with Gasteiger partial charge >= 0.3 is 0 Å². The number of methoxy groups -OCH3 is 4. The third kappa shape index (κ3) is 7.69. The minimum absolute atomic E-state index is 0.177. The molecule has 0 unspecified atom stereocenters. The zero-order valence-corrected chi connectivity index (χ0v) is 19.2. The third-order valence-electron chi connectivity index (χ3n) is 4.65. The van der Waals surface area contributed by atoms with E-state index in [4.69, 9.17) is 18.9 Å². The molecule has 33 heavy (non-hydrogen) atoms. The van der Waals surface area contributed by atoms with Crippen molar-refractivity contribution >= 4 is 23.4 Å². The molecule has 0 heterocycles. The molecule has 2 rings (SSSR count). The summed E-state index contributed by atoms with van der Waals surface area (Å²) in [4.78, 5) is 39.0. The third-order valence-corrected chi connectivity index (χ3v) is 4.65. The number of carbonyl (C=O) groups is 3. The highest BCUT2D eigenvalue weighted by atomic mass is 16.5. The van der Waals surface area contributed by atoms with Crippen LogP contribution in [-0.2, 0) is 14.3 Å². The molecule has 2 aromatic carbocycles. The Kier molecular flexibility index (Phi) is 9.97. The summed E-state index contributed by atoms with van der Waals surface area (Å²) in [6.45, 7) is -0.0956. The van der Waals surface area contributed by atoms with Crippen LogP contribution >= 0.6 is 0 Å². The first-order valence-corrected chi connectivity index (χ1v) is 10.1. The average Bonchev–Trinajstić information content (AvgIpc) is 2.84. The van der Waals surface area contributed by atoms with Crippen molar-refractivity contribution in [2.75, 3.05) is 60.0 Å². The Morgan fingerprint density at radius 1 is 0.848 bits per heavy atom. The number of ether oxygens (including phenoxy) is 4. The molecule has 10 nitrogen and oxygen atoms in total. The summed E-state index contributed by atoms with van der Waals surface area (Å²) in [5.41, 5.74) is 0.845. The van der Waals surface area contributed by atoms with E-state index in [2.05, 4.69) is 10.6 Å². The molecule has 0 spiro atoms. The quantitative estimate of drug-likeness (QED) is 0.495. The van der Waals surface area contributed by atoms with Crippen molar-refractivity contribution < 1.29 is 33.3 Å². The van der Waals surface area contributed by atoms with Gasteiger partial charge in [0.25, 0.3) is 5.91 Å². The number of hydrogen-bond donors (Lipinski definition) is 2. The van der Waals surface area contributed by atoms with E-state index >= 15 is 0 Å². The van der Waals surface area contributed by atoms with E-state index in [0.29, 0.717) is 22.9 Å². The summed E-state index contributed by atoms with van der Waals surface area (Å²) in [6, 6.07) is 11.6. The Bertz CT molecular complexity index is 948. The van der Waals surface area contributed by atoms with E-state index in [1.807, 2.05) is 0 Å². The lowest BCUT2D eigenvalue weighted by molar-refractivity contribution is -0.124. The van der Waals surface area contributed by atoms with Crippen LogP contribution in [0.4, 0.5) is 5.69 Å². The molecule has 2 N–H and O–H groups in total. The molecule has 0 aliphatic heterocycles. The van der Waals surface area contributed by atoms with Crippen LogP contribution in [0.15, 0.2) is 42.5 Å². The highest BCUT2D eigenvalue weighted by molar-refractivity contribution is 6.00. The highest BCUT2D eigenvalue weighted by Gasteiger charge is 2.22. The van der Waals surface area contributed by atoms with Gasteiger partial charge < -0.3 is 34.5 Å². The molecular weight excluding hydrogens is 430 g/mol. The van der Waals surface area contributed by atoms with Crippen LogP contribution in [0.1, 0.15) is 10.4 Å². The Labute approximate surface area is 192 Å². The van der Waals surface area contributed by atoms with Crippen LogP contribution in [0.2, 0.25) is 0 Å². The molecule has 0 saturated heterocycles. The number of rotatable bonds is 12. The Hall–Kier alpha value is -3.79. The number of nitrogens with one attached hydrogen (secondary N) is 2. The summed E-state index contributed by atoms with van der Waals surface area (Å²) in [7, 11) is 6.00. The monoisotopic (exact) mass is 459 g/mol. The molecule has 0 atom stereocenters. The van der Waals surface area contributed by atoms with Gasteiger partial charge in [0.15, 0.2) is 0 Å². The lowest BCUT2D eigenvalue weighted by Crippen LogP contribution is -2.44. The van der Waals surface area contributed by atoms with E-state index in [1.165, 1.54) is 26.2 Å². The van der Waals surface area contributed by atoms with Gasteiger partial charge in [-0.2, -0.15) is 0 Å². The van der Waals surface area contributed by atoms with Crippen molar-refractivity contribution in [3.63, 3.8) is 0 Å². The zero-order chi connectivity index (χ0) is 24.2. The van der Waals surface area contributed by atoms with Gasteiger partial charge in [-0.15, -0.1) is 0 Å². The van der Waals surface area contributed by atoms with Crippen molar-refractivity contribution in [1.82, 2.24) is 10.2 Å². The second-order valence-electron chi connectivity index (χ2n) is 6.84. The summed E-state index contributed by atoms with van der Waals surface area (Å²) < 4.78 is 20.6. The fraction of sp³-hybridized carbons (Fsp3) is 0.348.